The summed E-state index contributed by atoms with van der Waals surface area (Å²) in [5.74, 6) is -1.19. The first kappa shape index (κ1) is 15.1. The van der Waals surface area contributed by atoms with E-state index in [4.69, 9.17) is 4.74 Å². The molecule has 6 heteroatoms. The second-order valence-corrected chi connectivity index (χ2v) is 4.57. The number of aliphatic hydroxyl groups is 1. The number of hydrogen-bond donors (Lipinski definition) is 1. The molecule has 6 nitrogen and oxygen atoms in total. The molecule has 0 radical (unpaired) electrons. The van der Waals surface area contributed by atoms with Crippen molar-refractivity contribution in [1.82, 2.24) is 4.57 Å². The molecule has 1 heterocycles. The molecule has 112 valence electrons. The Bertz CT molecular complexity index is 689. The summed E-state index contributed by atoms with van der Waals surface area (Å²) in [5.41, 5.74) is 1.55. The zero-order chi connectivity index (χ0) is 15.6. The van der Waals surface area contributed by atoms with Crippen LogP contribution in [0.25, 0.3) is 10.9 Å². The van der Waals surface area contributed by atoms with Gasteiger partial charge in [-0.15, -0.1) is 0 Å². The predicted molar refractivity (Wildman–Crippen MR) is 75.9 cm³/mol. The molecule has 2 rings (SSSR count). The lowest BCUT2D eigenvalue weighted by molar-refractivity contribution is -0.153. The fourth-order valence-electron chi connectivity index (χ4n) is 2.23. The Labute approximate surface area is 121 Å². The Morgan fingerprint density at radius 3 is 2.71 bits per heavy atom. The lowest BCUT2D eigenvalue weighted by atomic mass is 10.1. The van der Waals surface area contributed by atoms with Crippen LogP contribution in [-0.4, -0.2) is 35.3 Å². The molecule has 0 saturated carbocycles. The molecule has 0 amide bonds. The molecule has 1 aromatic heterocycles. The largest absolute Gasteiger partial charge is 0.465 e. The summed E-state index contributed by atoms with van der Waals surface area (Å²) in [4.78, 5) is 23.3. The Hall–Kier alpha value is -2.34. The smallest absolute Gasteiger partial charge is 0.339 e. The quantitative estimate of drug-likeness (QED) is 0.865. The standard InChI is InChI=1S/C15H17NO5/c1-4-21-15(19)13(17)11-8-16(2)12-6-5-9(7-10(11)12)14(18)20-3/h5-8,13,17H,4H2,1-3H3. The van der Waals surface area contributed by atoms with Gasteiger partial charge < -0.3 is 19.1 Å². The van der Waals surface area contributed by atoms with Gasteiger partial charge in [0.05, 0.1) is 19.3 Å². The Kier molecular flexibility index (Phi) is 4.28. The number of ether oxygens (including phenoxy) is 2. The van der Waals surface area contributed by atoms with Gasteiger partial charge in [0.15, 0.2) is 6.10 Å². The molecule has 1 unspecified atom stereocenters. The summed E-state index contributed by atoms with van der Waals surface area (Å²) in [6.45, 7) is 1.86. The number of methoxy groups -OCH3 is 1. The fourth-order valence-corrected chi connectivity index (χ4v) is 2.23. The van der Waals surface area contributed by atoms with Crippen LogP contribution < -0.4 is 0 Å². The number of fused-ring (bicyclic) bond motifs is 1. The number of hydrogen-bond acceptors (Lipinski definition) is 5. The first-order valence-electron chi connectivity index (χ1n) is 6.51. The average Bonchev–Trinajstić information content (AvgIpc) is 2.82. The first-order chi connectivity index (χ1) is 9.99. The van der Waals surface area contributed by atoms with Gasteiger partial charge >= 0.3 is 11.9 Å². The Morgan fingerprint density at radius 2 is 2.10 bits per heavy atom. The molecule has 0 bridgehead atoms. The zero-order valence-corrected chi connectivity index (χ0v) is 12.1. The number of rotatable bonds is 4. The number of benzene rings is 1. The number of aliphatic hydroxyl groups excluding tert-OH is 1. The van der Waals surface area contributed by atoms with Crippen LogP contribution in [0.4, 0.5) is 0 Å². The Balaban J connectivity index is 2.53. The van der Waals surface area contributed by atoms with Gasteiger partial charge in [-0.25, -0.2) is 9.59 Å². The van der Waals surface area contributed by atoms with Crippen LogP contribution >= 0.6 is 0 Å². The van der Waals surface area contributed by atoms with Crippen molar-refractivity contribution >= 4 is 22.8 Å². The van der Waals surface area contributed by atoms with E-state index in [0.29, 0.717) is 16.5 Å². The maximum absolute atomic E-state index is 11.7. The van der Waals surface area contributed by atoms with Crippen LogP contribution in [0.15, 0.2) is 24.4 Å². The van der Waals surface area contributed by atoms with E-state index in [1.165, 1.54) is 7.11 Å². The van der Waals surface area contributed by atoms with Gasteiger partial charge in [0.2, 0.25) is 0 Å². The number of aromatic nitrogens is 1. The molecule has 0 spiro atoms. The number of nitrogens with zero attached hydrogens (tertiary/aromatic N) is 1. The molecule has 0 saturated heterocycles. The molecule has 0 fully saturated rings. The van der Waals surface area contributed by atoms with Crippen LogP contribution in [-0.2, 0) is 21.3 Å². The minimum atomic E-state index is -1.39. The lowest BCUT2D eigenvalue weighted by Gasteiger charge is -2.08. The summed E-state index contributed by atoms with van der Waals surface area (Å²) in [6, 6.07) is 4.97. The highest BCUT2D eigenvalue weighted by Gasteiger charge is 2.23. The minimum Gasteiger partial charge on any atom is -0.465 e. The minimum absolute atomic E-state index is 0.189. The number of aryl methyl sites for hydroxylation is 1. The average molecular weight is 291 g/mol. The van der Waals surface area contributed by atoms with Crippen LogP contribution in [0.3, 0.4) is 0 Å². The maximum atomic E-state index is 11.7. The highest BCUT2D eigenvalue weighted by molar-refractivity contribution is 5.97. The third-order valence-corrected chi connectivity index (χ3v) is 3.25. The molecule has 0 aliphatic heterocycles. The molecular formula is C15H17NO5. The third-order valence-electron chi connectivity index (χ3n) is 3.25. The van der Waals surface area contributed by atoms with E-state index >= 15 is 0 Å². The van der Waals surface area contributed by atoms with E-state index in [1.54, 1.807) is 42.9 Å². The van der Waals surface area contributed by atoms with E-state index in [9.17, 15) is 14.7 Å². The van der Waals surface area contributed by atoms with Gasteiger partial charge in [-0.1, -0.05) is 0 Å². The van der Waals surface area contributed by atoms with E-state index < -0.39 is 18.0 Å². The summed E-state index contributed by atoms with van der Waals surface area (Å²) in [5, 5.41) is 10.7. The summed E-state index contributed by atoms with van der Waals surface area (Å²) < 4.78 is 11.3. The zero-order valence-electron chi connectivity index (χ0n) is 12.1. The van der Waals surface area contributed by atoms with Crippen LogP contribution in [0.1, 0.15) is 28.9 Å². The topological polar surface area (TPSA) is 77.8 Å². The predicted octanol–water partition coefficient (Wildman–Crippen LogP) is 1.56. The summed E-state index contributed by atoms with van der Waals surface area (Å²) >= 11 is 0. The van der Waals surface area contributed by atoms with Crippen molar-refractivity contribution in [2.75, 3.05) is 13.7 Å². The molecule has 0 aliphatic carbocycles. The number of carbonyl (C=O) groups is 2. The van der Waals surface area contributed by atoms with Crippen molar-refractivity contribution in [2.45, 2.75) is 13.0 Å². The molecule has 2 aromatic rings. The highest BCUT2D eigenvalue weighted by Crippen LogP contribution is 2.28. The van der Waals surface area contributed by atoms with Crippen molar-refractivity contribution in [3.8, 4) is 0 Å². The van der Waals surface area contributed by atoms with Gasteiger partial charge in [-0.05, 0) is 25.1 Å². The summed E-state index contributed by atoms with van der Waals surface area (Å²) in [6.07, 6.45) is 0.259. The van der Waals surface area contributed by atoms with Crippen molar-refractivity contribution in [1.29, 1.82) is 0 Å². The van der Waals surface area contributed by atoms with Gasteiger partial charge in [0.1, 0.15) is 0 Å². The van der Waals surface area contributed by atoms with Crippen molar-refractivity contribution in [2.24, 2.45) is 7.05 Å². The Morgan fingerprint density at radius 1 is 1.38 bits per heavy atom. The van der Waals surface area contributed by atoms with Gasteiger partial charge in [-0.2, -0.15) is 0 Å². The second-order valence-electron chi connectivity index (χ2n) is 4.57. The monoisotopic (exact) mass is 291 g/mol. The van der Waals surface area contributed by atoms with Crippen molar-refractivity contribution in [3.05, 3.63) is 35.5 Å². The van der Waals surface area contributed by atoms with Crippen LogP contribution in [0, 0.1) is 0 Å². The van der Waals surface area contributed by atoms with Crippen LogP contribution in [0.2, 0.25) is 0 Å². The van der Waals surface area contributed by atoms with Crippen LogP contribution in [0.5, 0.6) is 0 Å². The van der Waals surface area contributed by atoms with E-state index in [1.807, 2.05) is 0 Å². The molecular weight excluding hydrogens is 274 g/mol. The second kappa shape index (κ2) is 5.97. The summed E-state index contributed by atoms with van der Waals surface area (Å²) in [7, 11) is 3.09. The van der Waals surface area contributed by atoms with Gasteiger partial charge in [0.25, 0.3) is 0 Å². The highest BCUT2D eigenvalue weighted by atomic mass is 16.5. The first-order valence-corrected chi connectivity index (χ1v) is 6.51. The van der Waals surface area contributed by atoms with Gasteiger partial charge in [-0.3, -0.25) is 0 Å². The van der Waals surface area contributed by atoms with Crippen molar-refractivity contribution < 1.29 is 24.2 Å². The molecule has 1 atom stereocenters. The fraction of sp³-hybridized carbons (Fsp3) is 0.333. The van der Waals surface area contributed by atoms with Gasteiger partial charge in [0, 0.05) is 29.7 Å². The normalized spacial score (nSPS) is 12.2. The molecule has 21 heavy (non-hydrogen) atoms. The molecule has 0 aliphatic rings. The van der Waals surface area contributed by atoms with E-state index in [-0.39, 0.29) is 6.61 Å². The number of carbonyl (C=O) groups excluding carboxylic acids is 2. The lowest BCUT2D eigenvalue weighted by Crippen LogP contribution is -2.15. The van der Waals surface area contributed by atoms with Crippen molar-refractivity contribution in [3.63, 3.8) is 0 Å². The third kappa shape index (κ3) is 2.75. The molecule has 1 aromatic carbocycles. The number of esters is 2. The maximum Gasteiger partial charge on any atom is 0.339 e. The SMILES string of the molecule is CCOC(=O)C(O)c1cn(C)c2ccc(C(=O)OC)cc12. The van der Waals surface area contributed by atoms with E-state index in [0.717, 1.165) is 5.52 Å². The molecule has 1 N–H and O–H groups in total. The van der Waals surface area contributed by atoms with E-state index in [2.05, 4.69) is 4.74 Å².